The van der Waals surface area contributed by atoms with Gasteiger partial charge in [0.2, 0.25) is 0 Å². The molecule has 1 atom stereocenters. The minimum atomic E-state index is -0.929. The number of carboxylic acids is 1. The minimum absolute atomic E-state index is 0.265. The average Bonchev–Trinajstić information content (AvgIpc) is 2.04. The first-order chi connectivity index (χ1) is 5.65. The Morgan fingerprint density at radius 1 is 1.58 bits per heavy atom. The fourth-order valence-corrected chi connectivity index (χ4v) is 1.26. The third kappa shape index (κ3) is 1.74. The number of ether oxygens (including phenoxy) is 1. The number of rotatable bonds is 2. The van der Waals surface area contributed by atoms with Gasteiger partial charge in [0.05, 0.1) is 12.7 Å². The summed E-state index contributed by atoms with van der Waals surface area (Å²) in [6, 6.07) is 4.69. The van der Waals surface area contributed by atoms with Crippen molar-refractivity contribution in [1.82, 2.24) is 0 Å². The molecule has 0 aliphatic heterocycles. The van der Waals surface area contributed by atoms with Crippen molar-refractivity contribution < 1.29 is 14.6 Å². The molecule has 0 amide bonds. The van der Waals surface area contributed by atoms with E-state index in [4.69, 9.17) is 9.84 Å². The molecule has 1 N–H and O–H groups in total. The van der Waals surface area contributed by atoms with Crippen LogP contribution in [0.1, 0.15) is 10.4 Å². The van der Waals surface area contributed by atoms with Gasteiger partial charge in [0.15, 0.2) is 0 Å². The Balaban J connectivity index is 3.10. The minimum Gasteiger partial charge on any atom is -0.496 e. The molecule has 1 rings (SSSR count). The van der Waals surface area contributed by atoms with Crippen molar-refractivity contribution in [1.29, 1.82) is 0 Å². The maximum atomic E-state index is 10.5. The Hall–Kier alpha value is -1.08. The number of aromatic carboxylic acids is 1. The van der Waals surface area contributed by atoms with Crippen LogP contribution in [0.3, 0.4) is 0 Å². The van der Waals surface area contributed by atoms with E-state index in [1.165, 1.54) is 6.07 Å². The van der Waals surface area contributed by atoms with E-state index in [0.717, 1.165) is 5.30 Å². The molecule has 0 saturated carbocycles. The summed E-state index contributed by atoms with van der Waals surface area (Å²) in [6.07, 6.45) is 0. The van der Waals surface area contributed by atoms with Gasteiger partial charge in [-0.2, -0.15) is 0 Å². The summed E-state index contributed by atoms with van der Waals surface area (Å²) in [6.45, 7) is 0. The number of methoxy groups -OCH3 is 1. The van der Waals surface area contributed by atoms with E-state index in [1.54, 1.807) is 19.2 Å². The van der Waals surface area contributed by atoms with Gasteiger partial charge in [0, 0.05) is 5.30 Å². The molecule has 0 bridgehead atoms. The first kappa shape index (κ1) is 9.01. The van der Waals surface area contributed by atoms with E-state index in [1.807, 2.05) is 0 Å². The van der Waals surface area contributed by atoms with Crippen LogP contribution in [0.15, 0.2) is 18.2 Å². The van der Waals surface area contributed by atoms with Crippen LogP contribution in [-0.4, -0.2) is 18.2 Å². The lowest BCUT2D eigenvalue weighted by Gasteiger charge is -2.03. The number of hydrogen-bond acceptors (Lipinski definition) is 2. The monoisotopic (exact) mass is 184 g/mol. The van der Waals surface area contributed by atoms with Crippen molar-refractivity contribution in [2.24, 2.45) is 0 Å². The predicted octanol–water partition coefficient (Wildman–Crippen LogP) is 0.894. The molecule has 0 fully saturated rings. The van der Waals surface area contributed by atoms with Gasteiger partial charge < -0.3 is 9.84 Å². The van der Waals surface area contributed by atoms with Crippen molar-refractivity contribution in [2.45, 2.75) is 0 Å². The molecular weight excluding hydrogens is 175 g/mol. The molecule has 0 heterocycles. The fourth-order valence-electron chi connectivity index (χ4n) is 0.867. The molecule has 1 aromatic rings. The molecule has 3 nitrogen and oxygen atoms in total. The highest BCUT2D eigenvalue weighted by molar-refractivity contribution is 7.27. The van der Waals surface area contributed by atoms with Crippen LogP contribution < -0.4 is 10.0 Å². The van der Waals surface area contributed by atoms with Gasteiger partial charge in [-0.1, -0.05) is 0 Å². The lowest BCUT2D eigenvalue weighted by Crippen LogP contribution is -2.04. The smallest absolute Gasteiger partial charge is 0.335 e. The normalized spacial score (nSPS) is 9.50. The van der Waals surface area contributed by atoms with Crippen molar-refractivity contribution in [3.05, 3.63) is 23.8 Å². The van der Waals surface area contributed by atoms with Crippen molar-refractivity contribution in [2.75, 3.05) is 7.11 Å². The molecule has 0 aliphatic rings. The van der Waals surface area contributed by atoms with E-state index in [0.29, 0.717) is 5.75 Å². The van der Waals surface area contributed by atoms with Gasteiger partial charge in [-0.3, -0.25) is 0 Å². The van der Waals surface area contributed by atoms with Crippen molar-refractivity contribution in [3.63, 3.8) is 0 Å². The zero-order valence-corrected chi connectivity index (χ0v) is 7.73. The van der Waals surface area contributed by atoms with Gasteiger partial charge in [-0.05, 0) is 18.2 Å². The van der Waals surface area contributed by atoms with E-state index in [-0.39, 0.29) is 5.56 Å². The number of hydrogen-bond donors (Lipinski definition) is 1. The third-order valence-electron chi connectivity index (χ3n) is 1.48. The Morgan fingerprint density at radius 3 is 2.67 bits per heavy atom. The van der Waals surface area contributed by atoms with Gasteiger partial charge in [-0.15, -0.1) is 9.24 Å². The number of carbonyl (C=O) groups is 1. The summed E-state index contributed by atoms with van der Waals surface area (Å²) >= 11 is 0. The zero-order chi connectivity index (χ0) is 9.14. The quantitative estimate of drug-likeness (QED) is 0.694. The summed E-state index contributed by atoms with van der Waals surface area (Å²) in [5.74, 6) is -0.258. The predicted molar refractivity (Wildman–Crippen MR) is 49.3 cm³/mol. The van der Waals surface area contributed by atoms with E-state index in [2.05, 4.69) is 9.24 Å². The standard InChI is InChI=1S/C8H9O3P/c1-11-6-3-2-5(8(9)10)4-7(6)12/h2-4H,12H2,1H3,(H,9,10). The van der Waals surface area contributed by atoms with Gasteiger partial charge in [0.1, 0.15) is 5.75 Å². The Labute approximate surface area is 72.6 Å². The topological polar surface area (TPSA) is 46.5 Å². The van der Waals surface area contributed by atoms with Crippen LogP contribution in [0.5, 0.6) is 5.75 Å². The zero-order valence-electron chi connectivity index (χ0n) is 6.57. The van der Waals surface area contributed by atoms with Gasteiger partial charge in [-0.25, -0.2) is 4.79 Å². The van der Waals surface area contributed by atoms with E-state index >= 15 is 0 Å². The Kier molecular flexibility index (Phi) is 2.66. The summed E-state index contributed by atoms with van der Waals surface area (Å²) in [5, 5.41) is 9.37. The molecule has 1 aromatic carbocycles. The molecule has 64 valence electrons. The molecule has 0 spiro atoms. The summed E-state index contributed by atoms with van der Waals surface area (Å²) in [7, 11) is 3.97. The van der Waals surface area contributed by atoms with Crippen LogP contribution in [0.2, 0.25) is 0 Å². The first-order valence-corrected chi connectivity index (χ1v) is 3.89. The molecule has 0 aliphatic carbocycles. The summed E-state index contributed by atoms with van der Waals surface area (Å²) < 4.78 is 4.97. The van der Waals surface area contributed by atoms with Crippen LogP contribution in [-0.2, 0) is 0 Å². The summed E-state index contributed by atoms with van der Waals surface area (Å²) in [5.41, 5.74) is 0.265. The second-order valence-corrected chi connectivity index (χ2v) is 2.88. The molecule has 1 unspecified atom stereocenters. The Bertz CT molecular complexity index is 309. The van der Waals surface area contributed by atoms with Crippen LogP contribution in [0.25, 0.3) is 0 Å². The third-order valence-corrected chi connectivity index (χ3v) is 1.93. The highest BCUT2D eigenvalue weighted by atomic mass is 31.0. The second kappa shape index (κ2) is 3.55. The SMILES string of the molecule is COc1ccc(C(=O)O)cc1P. The maximum absolute atomic E-state index is 10.5. The largest absolute Gasteiger partial charge is 0.496 e. The lowest BCUT2D eigenvalue weighted by molar-refractivity contribution is 0.0697. The van der Waals surface area contributed by atoms with Crippen LogP contribution in [0, 0.1) is 0 Å². The average molecular weight is 184 g/mol. The van der Waals surface area contributed by atoms with Gasteiger partial charge >= 0.3 is 5.97 Å². The second-order valence-electron chi connectivity index (χ2n) is 2.26. The number of benzene rings is 1. The van der Waals surface area contributed by atoms with E-state index in [9.17, 15) is 4.79 Å². The van der Waals surface area contributed by atoms with E-state index < -0.39 is 5.97 Å². The molecule has 0 radical (unpaired) electrons. The van der Waals surface area contributed by atoms with Crippen molar-refractivity contribution in [3.8, 4) is 5.75 Å². The Morgan fingerprint density at radius 2 is 2.25 bits per heavy atom. The summed E-state index contributed by atoms with van der Waals surface area (Å²) in [4.78, 5) is 10.5. The molecule has 0 saturated heterocycles. The van der Waals surface area contributed by atoms with Crippen LogP contribution in [0.4, 0.5) is 0 Å². The first-order valence-electron chi connectivity index (χ1n) is 3.32. The number of carboxylic acid groups (broad SMARTS) is 1. The van der Waals surface area contributed by atoms with Crippen molar-refractivity contribution >= 4 is 20.5 Å². The highest BCUT2D eigenvalue weighted by Gasteiger charge is 2.04. The maximum Gasteiger partial charge on any atom is 0.335 e. The molecular formula is C8H9O3P. The molecule has 0 aromatic heterocycles. The fraction of sp³-hybridized carbons (Fsp3) is 0.125. The highest BCUT2D eigenvalue weighted by Crippen LogP contribution is 2.11. The lowest BCUT2D eigenvalue weighted by atomic mass is 10.2. The molecule has 12 heavy (non-hydrogen) atoms. The van der Waals surface area contributed by atoms with Gasteiger partial charge in [0.25, 0.3) is 0 Å². The van der Waals surface area contributed by atoms with Crippen LogP contribution >= 0.6 is 9.24 Å². The molecule has 4 heteroatoms.